The van der Waals surface area contributed by atoms with Crippen molar-refractivity contribution in [2.24, 2.45) is 0 Å². The van der Waals surface area contributed by atoms with E-state index in [4.69, 9.17) is 14.2 Å². The Morgan fingerprint density at radius 3 is 2.28 bits per heavy atom. The Morgan fingerprint density at radius 1 is 1.00 bits per heavy atom. The third-order valence-electron chi connectivity index (χ3n) is 6.17. The van der Waals surface area contributed by atoms with Gasteiger partial charge < -0.3 is 19.3 Å². The van der Waals surface area contributed by atoms with Gasteiger partial charge in [-0.2, -0.15) is 0 Å². The molecule has 0 fully saturated rings. The summed E-state index contributed by atoms with van der Waals surface area (Å²) in [4.78, 5) is 11.3. The fraction of sp³-hybridized carbons (Fsp3) is 0.323. The van der Waals surface area contributed by atoms with Crippen molar-refractivity contribution in [1.29, 1.82) is 0 Å². The van der Waals surface area contributed by atoms with E-state index < -0.39 is 12.1 Å². The zero-order chi connectivity index (χ0) is 26.1. The van der Waals surface area contributed by atoms with Crippen LogP contribution in [0, 0.1) is 0 Å². The van der Waals surface area contributed by atoms with Crippen LogP contribution in [0.2, 0.25) is 0 Å². The van der Waals surface area contributed by atoms with Crippen molar-refractivity contribution in [3.05, 3.63) is 89.5 Å². The number of methoxy groups -OCH3 is 1. The predicted octanol–water partition coefficient (Wildman–Crippen LogP) is 7.00. The van der Waals surface area contributed by atoms with Crippen LogP contribution < -0.4 is 9.47 Å². The zero-order valence-corrected chi connectivity index (χ0v) is 21.8. The SMILES string of the molecule is CCO[C@@H](Cc1ccc(OC/C=C(\C)c2ccc(-c3cc(C(C)C)ccc3OC)cc2)cc1)C(=O)O. The highest BCUT2D eigenvalue weighted by Crippen LogP contribution is 2.33. The highest BCUT2D eigenvalue weighted by atomic mass is 16.5. The molecule has 0 aliphatic carbocycles. The molecular formula is C31H36O5. The summed E-state index contributed by atoms with van der Waals surface area (Å²) in [5.41, 5.74) is 6.66. The van der Waals surface area contributed by atoms with E-state index in [0.717, 1.165) is 39.3 Å². The van der Waals surface area contributed by atoms with E-state index in [-0.39, 0.29) is 0 Å². The minimum atomic E-state index is -0.950. The number of carboxylic acid groups (broad SMARTS) is 1. The van der Waals surface area contributed by atoms with Gasteiger partial charge in [-0.3, -0.25) is 0 Å². The molecule has 1 N–H and O–H groups in total. The summed E-state index contributed by atoms with van der Waals surface area (Å²) < 4.78 is 16.8. The van der Waals surface area contributed by atoms with Gasteiger partial charge in [-0.25, -0.2) is 4.79 Å². The molecule has 0 spiro atoms. The molecule has 3 aromatic carbocycles. The van der Waals surface area contributed by atoms with Crippen molar-refractivity contribution in [3.63, 3.8) is 0 Å². The maximum atomic E-state index is 11.3. The van der Waals surface area contributed by atoms with E-state index in [1.807, 2.05) is 30.3 Å². The maximum Gasteiger partial charge on any atom is 0.333 e. The second-order valence-electron chi connectivity index (χ2n) is 9.02. The van der Waals surface area contributed by atoms with Crippen LogP contribution in [0.5, 0.6) is 11.5 Å². The van der Waals surface area contributed by atoms with Crippen molar-refractivity contribution in [2.75, 3.05) is 20.3 Å². The molecule has 0 amide bonds. The molecule has 190 valence electrons. The zero-order valence-electron chi connectivity index (χ0n) is 21.8. The van der Waals surface area contributed by atoms with Gasteiger partial charge in [-0.15, -0.1) is 0 Å². The molecule has 0 bridgehead atoms. The number of ether oxygens (including phenoxy) is 3. The lowest BCUT2D eigenvalue weighted by molar-refractivity contribution is -0.149. The van der Waals surface area contributed by atoms with Crippen LogP contribution in [-0.2, 0) is 16.0 Å². The molecule has 5 nitrogen and oxygen atoms in total. The lowest BCUT2D eigenvalue weighted by Crippen LogP contribution is -2.26. The van der Waals surface area contributed by atoms with Gasteiger partial charge >= 0.3 is 5.97 Å². The number of rotatable bonds is 12. The van der Waals surface area contributed by atoms with Crippen LogP contribution in [-0.4, -0.2) is 37.5 Å². The number of carboxylic acids is 1. The van der Waals surface area contributed by atoms with E-state index in [2.05, 4.69) is 63.2 Å². The molecular weight excluding hydrogens is 452 g/mol. The van der Waals surface area contributed by atoms with E-state index in [0.29, 0.717) is 25.6 Å². The maximum absolute atomic E-state index is 11.3. The minimum absolute atomic E-state index is 0.325. The third kappa shape index (κ3) is 7.22. The van der Waals surface area contributed by atoms with Crippen molar-refractivity contribution in [3.8, 4) is 22.6 Å². The van der Waals surface area contributed by atoms with Gasteiger partial charge in [0.15, 0.2) is 6.10 Å². The average Bonchev–Trinajstić information content (AvgIpc) is 2.89. The highest BCUT2D eigenvalue weighted by molar-refractivity contribution is 5.74. The number of aliphatic carboxylic acids is 1. The molecule has 0 saturated heterocycles. The van der Waals surface area contributed by atoms with Crippen LogP contribution in [0.4, 0.5) is 0 Å². The first-order chi connectivity index (χ1) is 17.3. The topological polar surface area (TPSA) is 65.0 Å². The quantitative estimate of drug-likeness (QED) is 0.297. The van der Waals surface area contributed by atoms with Crippen molar-refractivity contribution in [2.45, 2.75) is 46.1 Å². The smallest absolute Gasteiger partial charge is 0.333 e. The van der Waals surface area contributed by atoms with Gasteiger partial charge in [-0.05, 0) is 77.9 Å². The summed E-state index contributed by atoms with van der Waals surface area (Å²) in [6.45, 7) is 9.05. The first-order valence-electron chi connectivity index (χ1n) is 12.3. The predicted molar refractivity (Wildman–Crippen MR) is 145 cm³/mol. The number of hydrogen-bond donors (Lipinski definition) is 1. The molecule has 0 radical (unpaired) electrons. The van der Waals surface area contributed by atoms with Gasteiger partial charge in [0.1, 0.15) is 18.1 Å². The Labute approximate surface area is 214 Å². The molecule has 0 heterocycles. The van der Waals surface area contributed by atoms with Crippen LogP contribution in [0.15, 0.2) is 72.8 Å². The van der Waals surface area contributed by atoms with E-state index in [1.165, 1.54) is 5.56 Å². The number of benzene rings is 3. The van der Waals surface area contributed by atoms with Crippen LogP contribution in [0.25, 0.3) is 16.7 Å². The van der Waals surface area contributed by atoms with Gasteiger partial charge in [0.25, 0.3) is 0 Å². The largest absolute Gasteiger partial charge is 0.496 e. The Bertz CT molecular complexity index is 1160. The van der Waals surface area contributed by atoms with Crippen molar-refractivity contribution >= 4 is 11.5 Å². The summed E-state index contributed by atoms with van der Waals surface area (Å²) in [6.07, 6.45) is 1.55. The lowest BCUT2D eigenvalue weighted by Gasteiger charge is -2.14. The molecule has 0 aliphatic heterocycles. The molecule has 0 aliphatic rings. The standard InChI is InChI=1S/C31H36O5/c1-6-35-30(31(32)33)19-23-7-14-27(15-8-23)36-18-17-22(4)24-9-11-25(12-10-24)28-20-26(21(2)3)13-16-29(28)34-5/h7-17,20-21,30H,6,18-19H2,1-5H3,(H,32,33)/b22-17+/t30-/m0/s1. The van der Waals surface area contributed by atoms with Gasteiger partial charge in [0.2, 0.25) is 0 Å². The van der Waals surface area contributed by atoms with E-state index in [1.54, 1.807) is 14.0 Å². The number of allylic oxidation sites excluding steroid dienone is 1. The Hall–Kier alpha value is -3.57. The van der Waals surface area contributed by atoms with E-state index in [9.17, 15) is 9.90 Å². The van der Waals surface area contributed by atoms with Gasteiger partial charge in [-0.1, -0.05) is 56.3 Å². The number of carbonyl (C=O) groups is 1. The van der Waals surface area contributed by atoms with Crippen molar-refractivity contribution < 1.29 is 24.1 Å². The summed E-state index contributed by atoms with van der Waals surface area (Å²) in [6, 6.07) is 22.3. The summed E-state index contributed by atoms with van der Waals surface area (Å²) in [5, 5.41) is 9.25. The van der Waals surface area contributed by atoms with Crippen LogP contribution >= 0.6 is 0 Å². The third-order valence-corrected chi connectivity index (χ3v) is 6.17. The first-order valence-corrected chi connectivity index (χ1v) is 12.3. The Balaban J connectivity index is 1.62. The summed E-state index contributed by atoms with van der Waals surface area (Å²) in [5.74, 6) is 1.11. The Kier molecular flexibility index (Phi) is 9.71. The van der Waals surface area contributed by atoms with Crippen molar-refractivity contribution in [1.82, 2.24) is 0 Å². The second-order valence-corrected chi connectivity index (χ2v) is 9.02. The van der Waals surface area contributed by atoms with Gasteiger partial charge in [0, 0.05) is 18.6 Å². The molecule has 1 atom stereocenters. The average molecular weight is 489 g/mol. The number of hydrogen-bond acceptors (Lipinski definition) is 4. The normalized spacial score (nSPS) is 12.4. The minimum Gasteiger partial charge on any atom is -0.496 e. The fourth-order valence-electron chi connectivity index (χ4n) is 3.96. The summed E-state index contributed by atoms with van der Waals surface area (Å²) in [7, 11) is 1.70. The van der Waals surface area contributed by atoms with E-state index >= 15 is 0 Å². The first kappa shape index (κ1) is 27.0. The highest BCUT2D eigenvalue weighted by Gasteiger charge is 2.17. The molecule has 0 saturated carbocycles. The monoisotopic (exact) mass is 488 g/mol. The molecule has 0 unspecified atom stereocenters. The molecule has 36 heavy (non-hydrogen) atoms. The Morgan fingerprint density at radius 2 is 1.69 bits per heavy atom. The molecule has 3 aromatic rings. The lowest BCUT2D eigenvalue weighted by atomic mass is 9.95. The molecule has 3 rings (SSSR count). The van der Waals surface area contributed by atoms with Crippen LogP contribution in [0.3, 0.4) is 0 Å². The summed E-state index contributed by atoms with van der Waals surface area (Å²) >= 11 is 0. The fourth-order valence-corrected chi connectivity index (χ4v) is 3.96. The second kappa shape index (κ2) is 12.9. The molecule has 0 aromatic heterocycles. The molecule has 5 heteroatoms. The van der Waals surface area contributed by atoms with Gasteiger partial charge in [0.05, 0.1) is 7.11 Å². The van der Waals surface area contributed by atoms with Crippen LogP contribution in [0.1, 0.15) is 50.3 Å².